The molecule has 19 heavy (non-hydrogen) atoms. The van der Waals surface area contributed by atoms with Crippen molar-refractivity contribution in [3.63, 3.8) is 0 Å². The molecule has 0 saturated carbocycles. The Labute approximate surface area is 108 Å². The first-order valence-electron chi connectivity index (χ1n) is 5.71. The molecule has 2 nitrogen and oxygen atoms in total. The van der Waals surface area contributed by atoms with Gasteiger partial charge in [0.05, 0.1) is 0 Å². The summed E-state index contributed by atoms with van der Waals surface area (Å²) in [5, 5.41) is 0. The predicted molar refractivity (Wildman–Crippen MR) is 65.6 cm³/mol. The Morgan fingerprint density at radius 3 is 2.11 bits per heavy atom. The van der Waals surface area contributed by atoms with Crippen molar-refractivity contribution in [1.82, 2.24) is 0 Å². The van der Waals surface area contributed by atoms with Crippen LogP contribution >= 0.6 is 0 Å². The highest BCUT2D eigenvalue weighted by Crippen LogP contribution is 2.27. The fourth-order valence-corrected chi connectivity index (χ4v) is 1.63. The van der Waals surface area contributed by atoms with Crippen molar-refractivity contribution >= 4 is 0 Å². The maximum Gasteiger partial charge on any atom is 0.168 e. The summed E-state index contributed by atoms with van der Waals surface area (Å²) in [7, 11) is 0. The summed E-state index contributed by atoms with van der Waals surface area (Å²) in [6.45, 7) is 0.409. The third-order valence-corrected chi connectivity index (χ3v) is 2.54. The van der Waals surface area contributed by atoms with Crippen molar-refractivity contribution in [2.75, 3.05) is 6.54 Å². The second-order valence-electron chi connectivity index (χ2n) is 3.98. The number of ether oxygens (including phenoxy) is 1. The standard InChI is InChI=1S/C14H12F3NO/c15-10-2-4-14(12(17)8-10)19-13-3-1-9(5-6-18)7-11(13)16/h1-4,7-8H,5-6,18H2. The van der Waals surface area contributed by atoms with Gasteiger partial charge in [0.2, 0.25) is 0 Å². The highest BCUT2D eigenvalue weighted by atomic mass is 19.1. The van der Waals surface area contributed by atoms with Crippen LogP contribution in [0, 0.1) is 17.5 Å². The molecule has 0 aliphatic rings. The van der Waals surface area contributed by atoms with Gasteiger partial charge in [0.1, 0.15) is 5.82 Å². The van der Waals surface area contributed by atoms with Crippen LogP contribution in [0.15, 0.2) is 36.4 Å². The van der Waals surface area contributed by atoms with Crippen LogP contribution in [-0.4, -0.2) is 6.54 Å². The summed E-state index contributed by atoms with van der Waals surface area (Å²) in [5.41, 5.74) is 6.10. The molecule has 2 aromatic rings. The van der Waals surface area contributed by atoms with Gasteiger partial charge < -0.3 is 10.5 Å². The van der Waals surface area contributed by atoms with E-state index in [1.807, 2.05) is 0 Å². The van der Waals surface area contributed by atoms with Crippen molar-refractivity contribution in [3.05, 3.63) is 59.4 Å². The SMILES string of the molecule is NCCc1ccc(Oc2ccc(F)cc2F)c(F)c1. The third-order valence-electron chi connectivity index (χ3n) is 2.54. The minimum absolute atomic E-state index is 0.119. The van der Waals surface area contributed by atoms with Gasteiger partial charge in [-0.1, -0.05) is 6.07 Å². The zero-order valence-corrected chi connectivity index (χ0v) is 10.00. The Balaban J connectivity index is 2.23. The summed E-state index contributed by atoms with van der Waals surface area (Å²) in [6.07, 6.45) is 0.544. The van der Waals surface area contributed by atoms with Crippen LogP contribution in [0.1, 0.15) is 5.56 Å². The lowest BCUT2D eigenvalue weighted by atomic mass is 10.1. The van der Waals surface area contributed by atoms with Gasteiger partial charge >= 0.3 is 0 Å². The molecule has 0 aliphatic carbocycles. The molecule has 2 N–H and O–H groups in total. The molecule has 0 spiro atoms. The molecule has 0 unspecified atom stereocenters. The molecule has 0 bridgehead atoms. The van der Waals surface area contributed by atoms with Gasteiger partial charge in [-0.15, -0.1) is 0 Å². The zero-order valence-electron chi connectivity index (χ0n) is 10.00. The van der Waals surface area contributed by atoms with E-state index >= 15 is 0 Å². The summed E-state index contributed by atoms with van der Waals surface area (Å²) >= 11 is 0. The lowest BCUT2D eigenvalue weighted by Gasteiger charge is -2.09. The Morgan fingerprint density at radius 1 is 0.895 bits per heavy atom. The minimum atomic E-state index is -0.884. The molecule has 0 amide bonds. The smallest absolute Gasteiger partial charge is 0.168 e. The van der Waals surface area contributed by atoms with E-state index in [0.29, 0.717) is 19.0 Å². The molecule has 2 rings (SSSR count). The number of rotatable bonds is 4. The molecule has 0 atom stereocenters. The van der Waals surface area contributed by atoms with Crippen molar-refractivity contribution in [2.24, 2.45) is 5.73 Å². The molecular formula is C14H12F3NO. The number of benzene rings is 2. The Bertz CT molecular complexity index is 587. The highest BCUT2D eigenvalue weighted by molar-refractivity contribution is 5.35. The molecule has 0 fully saturated rings. The number of hydrogen-bond acceptors (Lipinski definition) is 2. The van der Waals surface area contributed by atoms with Crippen LogP contribution in [0.25, 0.3) is 0 Å². The molecule has 100 valence electrons. The lowest BCUT2D eigenvalue weighted by Crippen LogP contribution is -2.03. The number of halogens is 3. The first kappa shape index (κ1) is 13.4. The molecule has 0 aromatic heterocycles. The normalized spacial score (nSPS) is 10.5. The molecular weight excluding hydrogens is 255 g/mol. The first-order chi connectivity index (χ1) is 9.10. The van der Waals surface area contributed by atoms with Crippen LogP contribution in [0.2, 0.25) is 0 Å². The van der Waals surface area contributed by atoms with E-state index in [-0.39, 0.29) is 11.5 Å². The van der Waals surface area contributed by atoms with Crippen LogP contribution < -0.4 is 10.5 Å². The molecule has 0 radical (unpaired) electrons. The molecule has 0 aliphatic heterocycles. The summed E-state index contributed by atoms with van der Waals surface area (Å²) in [5.74, 6) is -2.57. The van der Waals surface area contributed by atoms with Crippen LogP contribution in [0.4, 0.5) is 13.2 Å². The second-order valence-corrected chi connectivity index (χ2v) is 3.98. The Kier molecular flexibility index (Phi) is 4.06. The summed E-state index contributed by atoms with van der Waals surface area (Å²) in [4.78, 5) is 0. The van der Waals surface area contributed by atoms with E-state index in [2.05, 4.69) is 0 Å². The lowest BCUT2D eigenvalue weighted by molar-refractivity contribution is 0.411. The van der Waals surface area contributed by atoms with Crippen molar-refractivity contribution < 1.29 is 17.9 Å². The fourth-order valence-electron chi connectivity index (χ4n) is 1.63. The van der Waals surface area contributed by atoms with Gasteiger partial charge in [0.25, 0.3) is 0 Å². The highest BCUT2D eigenvalue weighted by Gasteiger charge is 2.10. The predicted octanol–water partition coefficient (Wildman–Crippen LogP) is 3.40. The van der Waals surface area contributed by atoms with Crippen LogP contribution in [-0.2, 0) is 6.42 Å². The minimum Gasteiger partial charge on any atom is -0.451 e. The zero-order chi connectivity index (χ0) is 13.8. The van der Waals surface area contributed by atoms with Crippen LogP contribution in [0.5, 0.6) is 11.5 Å². The van der Waals surface area contributed by atoms with Gasteiger partial charge in [0, 0.05) is 6.07 Å². The number of nitrogens with two attached hydrogens (primary N) is 1. The maximum atomic E-state index is 13.7. The van der Waals surface area contributed by atoms with Crippen LogP contribution in [0.3, 0.4) is 0 Å². The van der Waals surface area contributed by atoms with E-state index in [9.17, 15) is 13.2 Å². The largest absolute Gasteiger partial charge is 0.451 e. The maximum absolute atomic E-state index is 13.7. The van der Waals surface area contributed by atoms with Gasteiger partial charge in [-0.2, -0.15) is 0 Å². The summed E-state index contributed by atoms with van der Waals surface area (Å²) in [6, 6.07) is 7.15. The van der Waals surface area contributed by atoms with Gasteiger partial charge in [-0.05, 0) is 42.8 Å². The van der Waals surface area contributed by atoms with Crippen molar-refractivity contribution in [3.8, 4) is 11.5 Å². The monoisotopic (exact) mass is 267 g/mol. The van der Waals surface area contributed by atoms with Gasteiger partial charge in [-0.3, -0.25) is 0 Å². The Hall–Kier alpha value is -2.01. The molecule has 2 aromatic carbocycles. The molecule has 5 heteroatoms. The Morgan fingerprint density at radius 2 is 1.53 bits per heavy atom. The van der Waals surface area contributed by atoms with E-state index < -0.39 is 17.5 Å². The van der Waals surface area contributed by atoms with E-state index in [0.717, 1.165) is 17.7 Å². The van der Waals surface area contributed by atoms with Crippen molar-refractivity contribution in [1.29, 1.82) is 0 Å². The summed E-state index contributed by atoms with van der Waals surface area (Å²) < 4.78 is 44.9. The first-order valence-corrected chi connectivity index (χ1v) is 5.71. The molecule has 0 saturated heterocycles. The van der Waals surface area contributed by atoms with Crippen molar-refractivity contribution in [2.45, 2.75) is 6.42 Å². The van der Waals surface area contributed by atoms with Gasteiger partial charge in [-0.25, -0.2) is 13.2 Å². The molecule has 0 heterocycles. The van der Waals surface area contributed by atoms with E-state index in [4.69, 9.17) is 10.5 Å². The third kappa shape index (κ3) is 3.26. The van der Waals surface area contributed by atoms with E-state index in [1.165, 1.54) is 12.1 Å². The topological polar surface area (TPSA) is 35.2 Å². The fraction of sp³-hybridized carbons (Fsp3) is 0.143. The van der Waals surface area contributed by atoms with E-state index in [1.54, 1.807) is 6.07 Å². The average molecular weight is 267 g/mol. The number of hydrogen-bond donors (Lipinski definition) is 1. The second kappa shape index (κ2) is 5.75. The quantitative estimate of drug-likeness (QED) is 0.921. The van der Waals surface area contributed by atoms with Gasteiger partial charge in [0.15, 0.2) is 23.1 Å². The average Bonchev–Trinajstić information content (AvgIpc) is 2.36.